The Bertz CT molecular complexity index is 851. The summed E-state index contributed by atoms with van der Waals surface area (Å²) >= 11 is 0. The van der Waals surface area contributed by atoms with E-state index in [2.05, 4.69) is 15.6 Å². The van der Waals surface area contributed by atoms with Crippen LogP contribution in [0.15, 0.2) is 47.6 Å². The van der Waals surface area contributed by atoms with E-state index in [4.69, 9.17) is 14.5 Å². The minimum atomic E-state index is -0.347. The zero-order valence-corrected chi connectivity index (χ0v) is 18.6. The Hall–Kier alpha value is -1.94. The number of aromatic nitrogens is 1. The van der Waals surface area contributed by atoms with E-state index in [1.807, 2.05) is 19.1 Å². The van der Waals surface area contributed by atoms with E-state index in [0.717, 1.165) is 37.3 Å². The molecular formula is C21H26FIN4O2. The Morgan fingerprint density at radius 1 is 1.31 bits per heavy atom. The molecule has 1 aromatic heterocycles. The van der Waals surface area contributed by atoms with Crippen LogP contribution in [0.5, 0.6) is 11.6 Å². The van der Waals surface area contributed by atoms with Crippen molar-refractivity contribution in [1.82, 2.24) is 15.6 Å². The highest BCUT2D eigenvalue weighted by atomic mass is 127. The van der Waals surface area contributed by atoms with Crippen molar-refractivity contribution < 1.29 is 13.9 Å². The molecule has 0 spiro atoms. The first-order valence-electron chi connectivity index (χ1n) is 9.79. The number of aliphatic imine (C=N–C) groups is 1. The molecule has 2 N–H and O–H groups in total. The molecule has 1 aromatic carbocycles. The number of guanidine groups is 1. The van der Waals surface area contributed by atoms with Crippen molar-refractivity contribution >= 4 is 29.9 Å². The van der Waals surface area contributed by atoms with Crippen molar-refractivity contribution in [3.63, 3.8) is 0 Å². The van der Waals surface area contributed by atoms with E-state index >= 15 is 0 Å². The SMILES string of the molecule is CCNC(=NCc1cccnc1Oc1cccc(F)c1)NC1CC2CCC1O2.I. The lowest BCUT2D eigenvalue weighted by Gasteiger charge is -2.22. The third kappa shape index (κ3) is 5.57. The first kappa shape index (κ1) is 21.8. The van der Waals surface area contributed by atoms with Crippen LogP contribution >= 0.6 is 24.0 Å². The van der Waals surface area contributed by atoms with Crippen LogP contribution in [0.25, 0.3) is 0 Å². The second-order valence-electron chi connectivity index (χ2n) is 7.08. The van der Waals surface area contributed by atoms with E-state index in [1.165, 1.54) is 12.1 Å². The molecule has 0 radical (unpaired) electrons. The van der Waals surface area contributed by atoms with Crippen molar-refractivity contribution in [3.05, 3.63) is 54.0 Å². The minimum Gasteiger partial charge on any atom is -0.439 e. The van der Waals surface area contributed by atoms with Crippen LogP contribution in [0.4, 0.5) is 4.39 Å². The van der Waals surface area contributed by atoms with Crippen LogP contribution in [0.2, 0.25) is 0 Å². The number of hydrogen-bond acceptors (Lipinski definition) is 4. The number of nitrogens with one attached hydrogen (secondary N) is 2. The Morgan fingerprint density at radius 3 is 2.93 bits per heavy atom. The van der Waals surface area contributed by atoms with E-state index < -0.39 is 0 Å². The Labute approximate surface area is 187 Å². The molecule has 3 heterocycles. The van der Waals surface area contributed by atoms with E-state index in [0.29, 0.717) is 30.3 Å². The maximum atomic E-state index is 13.4. The summed E-state index contributed by atoms with van der Waals surface area (Å²) in [5, 5.41) is 6.79. The van der Waals surface area contributed by atoms with Crippen molar-refractivity contribution in [3.8, 4) is 11.6 Å². The van der Waals surface area contributed by atoms with Crippen LogP contribution in [0.1, 0.15) is 31.7 Å². The maximum Gasteiger partial charge on any atom is 0.224 e. The average Bonchev–Trinajstić information content (AvgIpc) is 3.30. The summed E-state index contributed by atoms with van der Waals surface area (Å²) < 4.78 is 25.1. The number of pyridine rings is 1. The molecule has 2 aliphatic rings. The highest BCUT2D eigenvalue weighted by Gasteiger charge is 2.41. The molecule has 2 saturated heterocycles. The number of halogens is 2. The zero-order chi connectivity index (χ0) is 19.3. The fourth-order valence-electron chi connectivity index (χ4n) is 3.73. The van der Waals surface area contributed by atoms with Gasteiger partial charge in [-0.3, -0.25) is 0 Å². The third-order valence-electron chi connectivity index (χ3n) is 5.04. The molecule has 2 aromatic rings. The molecular weight excluding hydrogens is 486 g/mol. The molecule has 2 bridgehead atoms. The predicted molar refractivity (Wildman–Crippen MR) is 120 cm³/mol. The van der Waals surface area contributed by atoms with Gasteiger partial charge in [-0.15, -0.1) is 24.0 Å². The molecule has 156 valence electrons. The number of rotatable bonds is 6. The summed E-state index contributed by atoms with van der Waals surface area (Å²) in [6.07, 6.45) is 5.60. The van der Waals surface area contributed by atoms with Gasteiger partial charge in [0.25, 0.3) is 0 Å². The van der Waals surface area contributed by atoms with Gasteiger partial charge in [-0.05, 0) is 44.4 Å². The highest BCUT2D eigenvalue weighted by Crippen LogP contribution is 2.34. The lowest BCUT2D eigenvalue weighted by Crippen LogP contribution is -2.47. The smallest absolute Gasteiger partial charge is 0.224 e. The summed E-state index contributed by atoms with van der Waals surface area (Å²) in [7, 11) is 0. The summed E-state index contributed by atoms with van der Waals surface area (Å²) in [4.78, 5) is 8.98. The monoisotopic (exact) mass is 512 g/mol. The van der Waals surface area contributed by atoms with Crippen molar-refractivity contribution in [2.75, 3.05) is 6.54 Å². The molecule has 2 aliphatic heterocycles. The summed E-state index contributed by atoms with van der Waals surface area (Å²) in [6, 6.07) is 10.1. The minimum absolute atomic E-state index is 0. The van der Waals surface area contributed by atoms with Gasteiger partial charge in [0.15, 0.2) is 5.96 Å². The van der Waals surface area contributed by atoms with Crippen LogP contribution < -0.4 is 15.4 Å². The standard InChI is InChI=1S/C21H25FN4O2.HI/c1-2-23-21(26-18-12-17-8-9-19(18)27-17)25-13-14-5-4-10-24-20(14)28-16-7-3-6-15(22)11-16;/h3-7,10-11,17-19H,2,8-9,12-13H2,1H3,(H2,23,25,26);1H. The first-order valence-corrected chi connectivity index (χ1v) is 9.79. The predicted octanol–water partition coefficient (Wildman–Crippen LogP) is 4.01. The maximum absolute atomic E-state index is 13.4. The number of fused-ring (bicyclic) bond motifs is 2. The molecule has 0 amide bonds. The highest BCUT2D eigenvalue weighted by molar-refractivity contribution is 14.0. The lowest BCUT2D eigenvalue weighted by atomic mass is 9.96. The normalized spacial score (nSPS) is 22.8. The number of hydrogen-bond donors (Lipinski definition) is 2. The largest absolute Gasteiger partial charge is 0.439 e. The van der Waals surface area contributed by atoms with Crippen molar-refractivity contribution in [2.45, 2.75) is 51.0 Å². The van der Waals surface area contributed by atoms with Gasteiger partial charge in [-0.1, -0.05) is 12.1 Å². The third-order valence-corrected chi connectivity index (χ3v) is 5.04. The topological polar surface area (TPSA) is 67.8 Å². The van der Waals surface area contributed by atoms with Gasteiger partial charge in [0.05, 0.1) is 24.8 Å². The van der Waals surface area contributed by atoms with E-state index in [1.54, 1.807) is 18.3 Å². The van der Waals surface area contributed by atoms with E-state index in [9.17, 15) is 4.39 Å². The van der Waals surface area contributed by atoms with Crippen LogP contribution in [-0.4, -0.2) is 35.7 Å². The number of benzene rings is 1. The molecule has 0 aliphatic carbocycles. The van der Waals surface area contributed by atoms with Gasteiger partial charge in [0.2, 0.25) is 5.88 Å². The molecule has 2 fully saturated rings. The number of ether oxygens (including phenoxy) is 2. The molecule has 29 heavy (non-hydrogen) atoms. The van der Waals surface area contributed by atoms with Crippen molar-refractivity contribution in [1.29, 1.82) is 0 Å². The molecule has 3 unspecified atom stereocenters. The molecule has 3 atom stereocenters. The summed E-state index contributed by atoms with van der Waals surface area (Å²) in [6.45, 7) is 3.21. The summed E-state index contributed by atoms with van der Waals surface area (Å²) in [5.74, 6) is 1.24. The summed E-state index contributed by atoms with van der Waals surface area (Å²) in [5.41, 5.74) is 0.827. The molecule has 4 rings (SSSR count). The lowest BCUT2D eigenvalue weighted by molar-refractivity contribution is 0.0992. The second-order valence-corrected chi connectivity index (χ2v) is 7.08. The van der Waals surface area contributed by atoms with Gasteiger partial charge in [0.1, 0.15) is 11.6 Å². The first-order chi connectivity index (χ1) is 13.7. The van der Waals surface area contributed by atoms with E-state index in [-0.39, 0.29) is 35.9 Å². The molecule has 6 nitrogen and oxygen atoms in total. The molecule has 8 heteroatoms. The number of nitrogens with zero attached hydrogens (tertiary/aromatic N) is 2. The fraction of sp³-hybridized carbons (Fsp3) is 0.429. The van der Waals surface area contributed by atoms with Crippen LogP contribution in [0, 0.1) is 5.82 Å². The van der Waals surface area contributed by atoms with Crippen molar-refractivity contribution in [2.24, 2.45) is 4.99 Å². The van der Waals surface area contributed by atoms with Gasteiger partial charge in [-0.25, -0.2) is 14.4 Å². The Kier molecular flexibility index (Phi) is 7.65. The van der Waals surface area contributed by atoms with Crippen LogP contribution in [0.3, 0.4) is 0 Å². The second kappa shape index (κ2) is 10.2. The van der Waals surface area contributed by atoms with Gasteiger partial charge in [0, 0.05) is 24.4 Å². The van der Waals surface area contributed by atoms with Gasteiger partial charge in [-0.2, -0.15) is 0 Å². The fourth-order valence-corrected chi connectivity index (χ4v) is 3.73. The van der Waals surface area contributed by atoms with Gasteiger partial charge >= 0.3 is 0 Å². The van der Waals surface area contributed by atoms with Crippen LogP contribution in [-0.2, 0) is 11.3 Å². The molecule has 0 saturated carbocycles. The zero-order valence-electron chi connectivity index (χ0n) is 16.3. The average molecular weight is 512 g/mol. The Balaban J connectivity index is 0.00000240. The van der Waals surface area contributed by atoms with Gasteiger partial charge < -0.3 is 20.1 Å². The quantitative estimate of drug-likeness (QED) is 0.348. The Morgan fingerprint density at radius 2 is 2.21 bits per heavy atom.